The first-order chi connectivity index (χ1) is 8.79. The molecule has 0 atom stereocenters. The Balaban J connectivity index is 2.21. The molecule has 2 heterocycles. The van der Waals surface area contributed by atoms with Crippen molar-refractivity contribution >= 4 is 10.1 Å². The van der Waals surface area contributed by atoms with Gasteiger partial charge in [-0.2, -0.15) is 26.7 Å². The Bertz CT molecular complexity index is 650. The fourth-order valence-electron chi connectivity index (χ4n) is 1.16. The second-order valence-corrected chi connectivity index (χ2v) is 4.87. The molecular formula is C9H6F3N3O3S. The monoisotopic (exact) mass is 293 g/mol. The molecule has 0 unspecified atom stereocenters. The number of nitrogens with zero attached hydrogens (tertiary/aromatic N) is 2. The van der Waals surface area contributed by atoms with Gasteiger partial charge in [0.05, 0.1) is 17.6 Å². The zero-order valence-corrected chi connectivity index (χ0v) is 9.86. The number of nitrogens with one attached hydrogen (secondary N) is 1. The highest BCUT2D eigenvalue weighted by atomic mass is 32.2. The Morgan fingerprint density at radius 1 is 1.21 bits per heavy atom. The van der Waals surface area contributed by atoms with E-state index < -0.39 is 21.4 Å². The van der Waals surface area contributed by atoms with Gasteiger partial charge in [-0.05, 0) is 18.2 Å². The van der Waals surface area contributed by atoms with Gasteiger partial charge in [0.1, 0.15) is 0 Å². The predicted octanol–water partition coefficient (Wildman–Crippen LogP) is 1.70. The van der Waals surface area contributed by atoms with Crippen LogP contribution in [0.4, 0.5) is 13.2 Å². The fourth-order valence-corrected chi connectivity index (χ4v) is 1.61. The molecule has 2 aromatic rings. The minimum Gasteiger partial charge on any atom is -0.374 e. The maximum atomic E-state index is 12.1. The van der Waals surface area contributed by atoms with E-state index >= 15 is 0 Å². The lowest BCUT2D eigenvalue weighted by molar-refractivity contribution is -0.0500. The molecule has 0 fully saturated rings. The van der Waals surface area contributed by atoms with E-state index in [4.69, 9.17) is 0 Å². The normalized spacial score (nSPS) is 12.4. The molecule has 2 rings (SSSR count). The van der Waals surface area contributed by atoms with Crippen molar-refractivity contribution in [2.24, 2.45) is 0 Å². The highest BCUT2D eigenvalue weighted by molar-refractivity contribution is 7.87. The number of H-pyrrole nitrogens is 1. The van der Waals surface area contributed by atoms with Gasteiger partial charge in [0.2, 0.25) is 0 Å². The Hall–Kier alpha value is -2.10. The molecule has 0 amide bonds. The van der Waals surface area contributed by atoms with E-state index in [9.17, 15) is 21.6 Å². The molecule has 0 aliphatic carbocycles. The molecule has 0 aliphatic rings. The lowest BCUT2D eigenvalue weighted by atomic mass is 10.3. The molecule has 1 N–H and O–H groups in total. The predicted molar refractivity (Wildman–Crippen MR) is 57.4 cm³/mol. The molecule has 0 saturated heterocycles. The molecule has 0 aliphatic heterocycles. The van der Waals surface area contributed by atoms with Crippen molar-refractivity contribution < 1.29 is 25.8 Å². The Morgan fingerprint density at radius 3 is 2.42 bits per heavy atom. The number of halogens is 3. The van der Waals surface area contributed by atoms with Crippen molar-refractivity contribution in [2.45, 2.75) is 5.51 Å². The summed E-state index contributed by atoms with van der Waals surface area (Å²) in [6.45, 7) is 0. The second kappa shape index (κ2) is 4.53. The Kier molecular flexibility index (Phi) is 3.18. The number of pyridine rings is 1. The lowest BCUT2D eigenvalue weighted by Gasteiger charge is -2.09. The average Bonchev–Trinajstić information content (AvgIpc) is 2.81. The molecule has 10 heteroatoms. The first-order valence-electron chi connectivity index (χ1n) is 4.76. The maximum Gasteiger partial charge on any atom is 0.534 e. The standard InChI is InChI=1S/C9H6F3N3O3S/c10-9(11,12)19(16,17)18-6-1-2-7(13-5-6)8-3-4-14-15-8/h1-5H,(H,14,15). The third kappa shape index (κ3) is 2.84. The zero-order valence-electron chi connectivity index (χ0n) is 9.05. The van der Waals surface area contributed by atoms with Crippen molar-refractivity contribution in [3.05, 3.63) is 30.6 Å². The van der Waals surface area contributed by atoms with E-state index in [2.05, 4.69) is 19.4 Å². The van der Waals surface area contributed by atoms with Crippen LogP contribution >= 0.6 is 0 Å². The van der Waals surface area contributed by atoms with Crippen LogP contribution in [0.1, 0.15) is 0 Å². The topological polar surface area (TPSA) is 84.9 Å². The summed E-state index contributed by atoms with van der Waals surface area (Å²) < 4.78 is 61.6. The summed E-state index contributed by atoms with van der Waals surface area (Å²) in [5.41, 5.74) is -4.56. The van der Waals surface area contributed by atoms with E-state index in [0.29, 0.717) is 11.4 Å². The molecule has 0 aromatic carbocycles. The highest BCUT2D eigenvalue weighted by Crippen LogP contribution is 2.27. The molecule has 0 bridgehead atoms. The van der Waals surface area contributed by atoms with Gasteiger partial charge in [0, 0.05) is 6.20 Å². The van der Waals surface area contributed by atoms with Gasteiger partial charge in [0.25, 0.3) is 0 Å². The Morgan fingerprint density at radius 2 is 1.95 bits per heavy atom. The SMILES string of the molecule is O=S(=O)(Oc1ccc(-c2ccn[nH]2)nc1)C(F)(F)F. The molecule has 6 nitrogen and oxygen atoms in total. The smallest absolute Gasteiger partial charge is 0.374 e. The van der Waals surface area contributed by atoms with E-state index in [-0.39, 0.29) is 0 Å². The van der Waals surface area contributed by atoms with Crippen LogP contribution in [0, 0.1) is 0 Å². The minimum absolute atomic E-state index is 0.384. The van der Waals surface area contributed by atoms with Crippen molar-refractivity contribution in [2.75, 3.05) is 0 Å². The van der Waals surface area contributed by atoms with Crippen LogP contribution in [-0.2, 0) is 10.1 Å². The summed E-state index contributed by atoms with van der Waals surface area (Å²) in [7, 11) is -5.68. The van der Waals surface area contributed by atoms with E-state index in [0.717, 1.165) is 12.3 Å². The number of aromatic amines is 1. The van der Waals surface area contributed by atoms with Gasteiger partial charge in [-0.1, -0.05) is 0 Å². The number of rotatable bonds is 3. The summed E-state index contributed by atoms with van der Waals surface area (Å²) in [6.07, 6.45) is 2.34. The van der Waals surface area contributed by atoms with Gasteiger partial charge < -0.3 is 4.18 Å². The van der Waals surface area contributed by atoms with E-state index in [1.165, 1.54) is 12.3 Å². The quantitative estimate of drug-likeness (QED) is 0.687. The van der Waals surface area contributed by atoms with Crippen LogP contribution < -0.4 is 4.18 Å². The molecular weight excluding hydrogens is 287 g/mol. The summed E-state index contributed by atoms with van der Waals surface area (Å²) in [4.78, 5) is 3.76. The molecule has 2 aromatic heterocycles. The van der Waals surface area contributed by atoms with Crippen LogP contribution in [0.3, 0.4) is 0 Å². The third-order valence-electron chi connectivity index (χ3n) is 2.00. The maximum absolute atomic E-state index is 12.1. The van der Waals surface area contributed by atoms with Crippen molar-refractivity contribution in [1.82, 2.24) is 15.2 Å². The summed E-state index contributed by atoms with van der Waals surface area (Å²) in [5, 5.41) is 6.27. The van der Waals surface area contributed by atoms with Crippen LogP contribution in [0.2, 0.25) is 0 Å². The minimum atomic E-state index is -5.68. The molecule has 19 heavy (non-hydrogen) atoms. The van der Waals surface area contributed by atoms with Crippen LogP contribution in [0.5, 0.6) is 5.75 Å². The average molecular weight is 293 g/mol. The van der Waals surface area contributed by atoms with Gasteiger partial charge in [0.15, 0.2) is 5.75 Å². The van der Waals surface area contributed by atoms with Gasteiger partial charge >= 0.3 is 15.6 Å². The zero-order chi connectivity index (χ0) is 14.1. The number of alkyl halides is 3. The van der Waals surface area contributed by atoms with Gasteiger partial charge in [-0.15, -0.1) is 0 Å². The van der Waals surface area contributed by atoms with E-state index in [1.807, 2.05) is 0 Å². The van der Waals surface area contributed by atoms with Crippen LogP contribution in [0.25, 0.3) is 11.4 Å². The van der Waals surface area contributed by atoms with Crippen LogP contribution in [0.15, 0.2) is 30.6 Å². The van der Waals surface area contributed by atoms with Gasteiger partial charge in [-0.25, -0.2) is 0 Å². The lowest BCUT2D eigenvalue weighted by Crippen LogP contribution is -2.28. The fraction of sp³-hybridized carbons (Fsp3) is 0.111. The van der Waals surface area contributed by atoms with Crippen molar-refractivity contribution in [3.8, 4) is 17.1 Å². The van der Waals surface area contributed by atoms with Gasteiger partial charge in [-0.3, -0.25) is 10.1 Å². The third-order valence-corrected chi connectivity index (χ3v) is 2.98. The van der Waals surface area contributed by atoms with Crippen molar-refractivity contribution in [3.63, 3.8) is 0 Å². The number of aromatic nitrogens is 3. The second-order valence-electron chi connectivity index (χ2n) is 3.33. The van der Waals surface area contributed by atoms with Crippen LogP contribution in [-0.4, -0.2) is 29.1 Å². The highest BCUT2D eigenvalue weighted by Gasteiger charge is 2.48. The van der Waals surface area contributed by atoms with Crippen molar-refractivity contribution in [1.29, 1.82) is 0 Å². The first kappa shape index (κ1) is 13.3. The Labute approximate surface area is 105 Å². The largest absolute Gasteiger partial charge is 0.534 e. The summed E-state index contributed by atoms with van der Waals surface area (Å²) in [5.74, 6) is -0.527. The first-order valence-corrected chi connectivity index (χ1v) is 6.17. The molecule has 0 radical (unpaired) electrons. The summed E-state index contributed by atoms with van der Waals surface area (Å²) in [6, 6.07) is 3.95. The molecule has 0 saturated carbocycles. The number of hydrogen-bond acceptors (Lipinski definition) is 5. The molecule has 0 spiro atoms. The summed E-state index contributed by atoms with van der Waals surface area (Å²) >= 11 is 0. The van der Waals surface area contributed by atoms with E-state index in [1.54, 1.807) is 6.07 Å². The number of hydrogen-bond donors (Lipinski definition) is 1. The molecule has 102 valence electrons.